The number of carbonyl (C=O) groups excluding carboxylic acids is 3. The van der Waals surface area contributed by atoms with Crippen molar-refractivity contribution in [3.8, 4) is 0 Å². The Bertz CT molecular complexity index is 752. The van der Waals surface area contributed by atoms with Gasteiger partial charge in [0.2, 0.25) is 11.8 Å². The quantitative estimate of drug-likeness (QED) is 0.710. The third-order valence-electron chi connectivity index (χ3n) is 6.59. The van der Waals surface area contributed by atoms with Gasteiger partial charge < -0.3 is 20.4 Å². The molecule has 2 fully saturated rings. The Kier molecular flexibility index (Phi) is 8.94. The van der Waals surface area contributed by atoms with E-state index in [2.05, 4.69) is 10.6 Å². The van der Waals surface area contributed by atoms with Crippen LogP contribution in [0.4, 0.5) is 4.79 Å². The number of piperidine rings is 1. The SMILES string of the molecule is CC(C)C(NC(=O)NCc1ccccc1)C(=O)N1CCC(C(=O)N2CCCCCC2)CC1. The molecule has 2 N–H and O–H groups in total. The fourth-order valence-corrected chi connectivity index (χ4v) is 4.58. The van der Waals surface area contributed by atoms with E-state index in [0.717, 1.165) is 31.5 Å². The lowest BCUT2D eigenvalue weighted by Gasteiger charge is -2.36. The fourth-order valence-electron chi connectivity index (χ4n) is 4.58. The molecule has 2 heterocycles. The summed E-state index contributed by atoms with van der Waals surface area (Å²) in [5, 5.41) is 5.69. The highest BCUT2D eigenvalue weighted by atomic mass is 16.2. The Balaban J connectivity index is 1.48. The summed E-state index contributed by atoms with van der Waals surface area (Å²) in [5.74, 6) is 0.187. The summed E-state index contributed by atoms with van der Waals surface area (Å²) in [7, 11) is 0. The van der Waals surface area contributed by atoms with Crippen molar-refractivity contribution in [2.45, 2.75) is 65.0 Å². The summed E-state index contributed by atoms with van der Waals surface area (Å²) < 4.78 is 0. The summed E-state index contributed by atoms with van der Waals surface area (Å²) in [6, 6.07) is 8.76. The van der Waals surface area contributed by atoms with Crippen molar-refractivity contribution in [1.82, 2.24) is 20.4 Å². The van der Waals surface area contributed by atoms with Gasteiger partial charge in [-0.3, -0.25) is 9.59 Å². The van der Waals surface area contributed by atoms with Crippen LogP contribution in [0, 0.1) is 11.8 Å². The number of likely N-dealkylation sites (tertiary alicyclic amines) is 2. The lowest BCUT2D eigenvalue weighted by atomic mass is 9.93. The molecule has 1 aromatic carbocycles. The van der Waals surface area contributed by atoms with Crippen molar-refractivity contribution in [3.63, 3.8) is 0 Å². The molecule has 0 aliphatic carbocycles. The number of benzene rings is 1. The molecule has 2 saturated heterocycles. The maximum Gasteiger partial charge on any atom is 0.315 e. The van der Waals surface area contributed by atoms with Crippen LogP contribution in [0.2, 0.25) is 0 Å². The van der Waals surface area contributed by atoms with Gasteiger partial charge in [-0.1, -0.05) is 57.0 Å². The molecule has 0 aromatic heterocycles. The normalized spacial score (nSPS) is 18.7. The van der Waals surface area contributed by atoms with Crippen LogP contribution < -0.4 is 10.6 Å². The van der Waals surface area contributed by atoms with Crippen LogP contribution in [-0.4, -0.2) is 59.9 Å². The highest BCUT2D eigenvalue weighted by Crippen LogP contribution is 2.23. The van der Waals surface area contributed by atoms with E-state index in [-0.39, 0.29) is 29.7 Å². The zero-order valence-corrected chi connectivity index (χ0v) is 19.5. The Morgan fingerprint density at radius 3 is 2.12 bits per heavy atom. The van der Waals surface area contributed by atoms with E-state index in [4.69, 9.17) is 0 Å². The molecule has 2 aliphatic heterocycles. The Labute approximate surface area is 191 Å². The average Bonchev–Trinajstić information content (AvgIpc) is 3.10. The smallest absolute Gasteiger partial charge is 0.315 e. The first-order valence-corrected chi connectivity index (χ1v) is 12.1. The third kappa shape index (κ3) is 6.71. The summed E-state index contributed by atoms with van der Waals surface area (Å²) in [6.07, 6.45) is 6.00. The third-order valence-corrected chi connectivity index (χ3v) is 6.59. The maximum atomic E-state index is 13.2. The maximum absolute atomic E-state index is 13.2. The van der Waals surface area contributed by atoms with Gasteiger partial charge in [-0.25, -0.2) is 4.79 Å². The summed E-state index contributed by atoms with van der Waals surface area (Å²) >= 11 is 0. The minimum atomic E-state index is -0.580. The molecule has 0 spiro atoms. The second-order valence-corrected chi connectivity index (χ2v) is 9.37. The molecular weight excluding hydrogens is 404 g/mol. The van der Waals surface area contributed by atoms with Gasteiger partial charge in [0.15, 0.2) is 0 Å². The highest BCUT2D eigenvalue weighted by molar-refractivity contribution is 5.87. The van der Waals surface area contributed by atoms with Gasteiger partial charge in [0.25, 0.3) is 0 Å². The predicted molar refractivity (Wildman–Crippen MR) is 125 cm³/mol. The lowest BCUT2D eigenvalue weighted by molar-refractivity contribution is -0.142. The van der Waals surface area contributed by atoms with Gasteiger partial charge in [0.05, 0.1) is 0 Å². The van der Waals surface area contributed by atoms with Crippen LogP contribution in [0.3, 0.4) is 0 Å². The molecule has 1 atom stereocenters. The topological polar surface area (TPSA) is 81.8 Å². The molecule has 0 bridgehead atoms. The van der Waals surface area contributed by atoms with Crippen molar-refractivity contribution in [2.24, 2.45) is 11.8 Å². The van der Waals surface area contributed by atoms with E-state index in [1.807, 2.05) is 54.0 Å². The van der Waals surface area contributed by atoms with Gasteiger partial charge in [-0.2, -0.15) is 0 Å². The molecule has 32 heavy (non-hydrogen) atoms. The molecule has 0 radical (unpaired) electrons. The molecule has 7 heteroatoms. The van der Waals surface area contributed by atoms with E-state index < -0.39 is 6.04 Å². The second kappa shape index (κ2) is 11.9. The first kappa shape index (κ1) is 24.1. The molecule has 7 nitrogen and oxygen atoms in total. The number of nitrogens with zero attached hydrogens (tertiary/aromatic N) is 2. The number of amides is 4. The second-order valence-electron chi connectivity index (χ2n) is 9.37. The largest absolute Gasteiger partial charge is 0.342 e. The number of hydrogen-bond donors (Lipinski definition) is 2. The summed E-state index contributed by atoms with van der Waals surface area (Å²) in [5.41, 5.74) is 1.01. The van der Waals surface area contributed by atoms with Gasteiger partial charge in [0, 0.05) is 38.6 Å². The molecule has 3 rings (SSSR count). The van der Waals surface area contributed by atoms with E-state index in [0.29, 0.717) is 32.5 Å². The van der Waals surface area contributed by atoms with Crippen molar-refractivity contribution < 1.29 is 14.4 Å². The first-order chi connectivity index (χ1) is 15.5. The Morgan fingerprint density at radius 1 is 0.906 bits per heavy atom. The average molecular weight is 443 g/mol. The molecule has 176 valence electrons. The monoisotopic (exact) mass is 442 g/mol. The predicted octanol–water partition coefficient (Wildman–Crippen LogP) is 3.15. The van der Waals surface area contributed by atoms with Crippen LogP contribution in [-0.2, 0) is 16.1 Å². The van der Waals surface area contributed by atoms with Crippen molar-refractivity contribution in [2.75, 3.05) is 26.2 Å². The van der Waals surface area contributed by atoms with E-state index in [1.54, 1.807) is 0 Å². The Hall–Kier alpha value is -2.57. The standard InChI is InChI=1S/C25H38N4O3/c1-19(2)22(27-25(32)26-18-20-10-6-5-7-11-20)24(31)29-16-12-21(13-17-29)23(30)28-14-8-3-4-9-15-28/h5-7,10-11,19,21-22H,3-4,8-9,12-18H2,1-2H3,(H2,26,27,32). The van der Waals surface area contributed by atoms with Crippen LogP contribution in [0.1, 0.15) is 57.9 Å². The number of hydrogen-bond acceptors (Lipinski definition) is 3. The van der Waals surface area contributed by atoms with Gasteiger partial charge in [-0.05, 0) is 37.2 Å². The fraction of sp³-hybridized carbons (Fsp3) is 0.640. The van der Waals surface area contributed by atoms with Crippen molar-refractivity contribution >= 4 is 17.8 Å². The molecule has 1 aromatic rings. The van der Waals surface area contributed by atoms with Crippen molar-refractivity contribution in [3.05, 3.63) is 35.9 Å². The van der Waals surface area contributed by atoms with Crippen molar-refractivity contribution in [1.29, 1.82) is 0 Å². The minimum absolute atomic E-state index is 0.0109. The zero-order valence-electron chi connectivity index (χ0n) is 19.5. The van der Waals surface area contributed by atoms with Crippen LogP contribution in [0.5, 0.6) is 0 Å². The summed E-state index contributed by atoms with van der Waals surface area (Å²) in [6.45, 7) is 7.17. The van der Waals surface area contributed by atoms with Gasteiger partial charge >= 0.3 is 6.03 Å². The first-order valence-electron chi connectivity index (χ1n) is 12.1. The molecule has 0 saturated carbocycles. The molecule has 4 amide bonds. The van der Waals surface area contributed by atoms with E-state index in [9.17, 15) is 14.4 Å². The lowest BCUT2D eigenvalue weighted by Crippen LogP contribution is -2.55. The minimum Gasteiger partial charge on any atom is -0.342 e. The molecule has 2 aliphatic rings. The Morgan fingerprint density at radius 2 is 1.53 bits per heavy atom. The molecular formula is C25H38N4O3. The van der Waals surface area contributed by atoms with E-state index in [1.165, 1.54) is 12.8 Å². The van der Waals surface area contributed by atoms with Crippen LogP contribution >= 0.6 is 0 Å². The number of rotatable bonds is 6. The van der Waals surface area contributed by atoms with Crippen LogP contribution in [0.25, 0.3) is 0 Å². The molecule has 1 unspecified atom stereocenters. The van der Waals surface area contributed by atoms with E-state index >= 15 is 0 Å². The number of carbonyl (C=O) groups is 3. The highest BCUT2D eigenvalue weighted by Gasteiger charge is 2.34. The summed E-state index contributed by atoms with van der Waals surface area (Å²) in [4.78, 5) is 42.3. The number of urea groups is 1. The van der Waals surface area contributed by atoms with Crippen LogP contribution in [0.15, 0.2) is 30.3 Å². The van der Waals surface area contributed by atoms with Gasteiger partial charge in [-0.15, -0.1) is 0 Å². The van der Waals surface area contributed by atoms with Gasteiger partial charge in [0.1, 0.15) is 6.04 Å². The number of nitrogens with one attached hydrogen (secondary N) is 2. The zero-order chi connectivity index (χ0) is 22.9.